The van der Waals surface area contributed by atoms with Crippen LogP contribution in [0.2, 0.25) is 19.6 Å². The van der Waals surface area contributed by atoms with Gasteiger partial charge in [0.05, 0.1) is 14.7 Å². The zero-order valence-corrected chi connectivity index (χ0v) is 15.1. The summed E-state index contributed by atoms with van der Waals surface area (Å²) in [5, 5.41) is 15.0. The molecule has 1 aliphatic carbocycles. The number of hydrogen-bond acceptors (Lipinski definition) is 2. The van der Waals surface area contributed by atoms with Crippen molar-refractivity contribution in [3.63, 3.8) is 0 Å². The van der Waals surface area contributed by atoms with Crippen LogP contribution in [-0.2, 0) is 6.54 Å². The summed E-state index contributed by atoms with van der Waals surface area (Å²) in [6.07, 6.45) is 4.72. The molecular weight excluding hydrogens is 274 g/mol. The lowest BCUT2D eigenvalue weighted by Gasteiger charge is -2.39. The second-order valence-corrected chi connectivity index (χ2v) is 13.0. The topological polar surface area (TPSA) is 32.3 Å². The van der Waals surface area contributed by atoms with Crippen LogP contribution in [0.5, 0.6) is 0 Å². The molecule has 118 valence electrons. The van der Waals surface area contributed by atoms with E-state index < -0.39 is 8.07 Å². The number of aliphatic hydroxyl groups is 1. The molecular formula is C18H31NOSi. The van der Waals surface area contributed by atoms with Crippen LogP contribution >= 0.6 is 0 Å². The zero-order valence-electron chi connectivity index (χ0n) is 14.1. The molecule has 1 aromatic carbocycles. The third kappa shape index (κ3) is 4.41. The minimum Gasteiger partial charge on any atom is -0.394 e. The smallest absolute Gasteiger partial charge is 0.0775 e. The molecule has 2 N–H and O–H groups in total. The first-order valence-corrected chi connectivity index (χ1v) is 11.8. The number of benzene rings is 1. The van der Waals surface area contributed by atoms with Gasteiger partial charge in [-0.25, -0.2) is 0 Å². The molecule has 0 bridgehead atoms. The van der Waals surface area contributed by atoms with Gasteiger partial charge in [0.1, 0.15) is 0 Å². The molecule has 21 heavy (non-hydrogen) atoms. The molecule has 2 unspecified atom stereocenters. The maximum atomic E-state index is 9.83. The van der Waals surface area contributed by atoms with E-state index in [9.17, 15) is 5.11 Å². The Kier molecular flexibility index (Phi) is 5.28. The molecule has 0 aromatic heterocycles. The van der Waals surface area contributed by atoms with Gasteiger partial charge >= 0.3 is 0 Å². The van der Waals surface area contributed by atoms with Crippen LogP contribution in [0.4, 0.5) is 0 Å². The molecule has 1 aromatic rings. The highest BCUT2D eigenvalue weighted by molar-refractivity contribution is 6.88. The normalized spacial score (nSPS) is 26.8. The number of hydrogen-bond donors (Lipinski definition) is 2. The zero-order chi connectivity index (χ0) is 15.5. The van der Waals surface area contributed by atoms with Crippen molar-refractivity contribution in [2.75, 3.05) is 6.61 Å². The van der Waals surface area contributed by atoms with Gasteiger partial charge in [-0.15, -0.1) is 0 Å². The summed E-state index contributed by atoms with van der Waals surface area (Å²) < 4.78 is 0. The van der Waals surface area contributed by atoms with Gasteiger partial charge in [0.25, 0.3) is 0 Å². The number of aliphatic hydroxyl groups excluding tert-OH is 1. The molecule has 1 fully saturated rings. The third-order valence-corrected chi connectivity index (χ3v) is 6.95. The van der Waals surface area contributed by atoms with E-state index in [4.69, 9.17) is 0 Å². The van der Waals surface area contributed by atoms with E-state index >= 15 is 0 Å². The number of rotatable bonds is 5. The Bertz CT molecular complexity index is 451. The molecule has 0 heterocycles. The molecule has 0 saturated heterocycles. The van der Waals surface area contributed by atoms with E-state index in [2.05, 4.69) is 56.1 Å². The minimum atomic E-state index is -1.20. The van der Waals surface area contributed by atoms with E-state index in [-0.39, 0.29) is 12.1 Å². The second-order valence-electron chi connectivity index (χ2n) is 7.94. The Balaban J connectivity index is 1.98. The molecule has 0 spiro atoms. The highest BCUT2D eigenvalue weighted by Crippen LogP contribution is 2.32. The average molecular weight is 306 g/mol. The first kappa shape index (κ1) is 16.7. The highest BCUT2D eigenvalue weighted by Gasteiger charge is 2.33. The Morgan fingerprint density at radius 3 is 2.43 bits per heavy atom. The molecule has 0 radical (unpaired) electrons. The summed E-state index contributed by atoms with van der Waals surface area (Å²) in [5.74, 6) is 0.715. The molecule has 2 nitrogen and oxygen atoms in total. The average Bonchev–Trinajstić information content (AvgIpc) is 2.45. The molecule has 0 amide bonds. The fraction of sp³-hybridized carbons (Fsp3) is 0.667. The van der Waals surface area contributed by atoms with Crippen molar-refractivity contribution in [2.45, 2.75) is 64.3 Å². The van der Waals surface area contributed by atoms with Gasteiger partial charge in [0, 0.05) is 12.1 Å². The molecule has 1 saturated carbocycles. The fourth-order valence-electron chi connectivity index (χ4n) is 3.43. The van der Waals surface area contributed by atoms with Crippen molar-refractivity contribution in [3.05, 3.63) is 29.8 Å². The minimum absolute atomic E-state index is 0.0604. The van der Waals surface area contributed by atoms with Crippen molar-refractivity contribution in [3.8, 4) is 0 Å². The summed E-state index contributed by atoms with van der Waals surface area (Å²) >= 11 is 0. The second kappa shape index (κ2) is 6.63. The third-order valence-electron chi connectivity index (χ3n) is 4.88. The largest absolute Gasteiger partial charge is 0.394 e. The summed E-state index contributed by atoms with van der Waals surface area (Å²) in [5.41, 5.74) is 1.26. The van der Waals surface area contributed by atoms with Crippen LogP contribution in [0, 0.1) is 5.92 Å². The maximum Gasteiger partial charge on any atom is 0.0775 e. The van der Waals surface area contributed by atoms with Gasteiger partial charge in [0.2, 0.25) is 0 Å². The molecule has 0 aliphatic heterocycles. The van der Waals surface area contributed by atoms with Crippen LogP contribution in [0.3, 0.4) is 0 Å². The van der Waals surface area contributed by atoms with Gasteiger partial charge in [-0.1, -0.05) is 68.9 Å². The van der Waals surface area contributed by atoms with Crippen molar-refractivity contribution in [1.29, 1.82) is 0 Å². The van der Waals surface area contributed by atoms with Gasteiger partial charge in [-0.05, 0) is 24.3 Å². The highest BCUT2D eigenvalue weighted by atomic mass is 28.3. The lowest BCUT2D eigenvalue weighted by molar-refractivity contribution is 0.0982. The summed E-state index contributed by atoms with van der Waals surface area (Å²) in [6.45, 7) is 10.6. The van der Waals surface area contributed by atoms with Crippen molar-refractivity contribution in [2.24, 2.45) is 5.92 Å². The summed E-state index contributed by atoms with van der Waals surface area (Å²) in [4.78, 5) is 0. The van der Waals surface area contributed by atoms with E-state index in [1.165, 1.54) is 23.6 Å². The van der Waals surface area contributed by atoms with Gasteiger partial charge in [-0.3, -0.25) is 0 Å². The van der Waals surface area contributed by atoms with Crippen LogP contribution < -0.4 is 10.5 Å². The fourth-order valence-corrected chi connectivity index (χ4v) is 4.60. The summed E-state index contributed by atoms with van der Waals surface area (Å²) in [7, 11) is -1.20. The lowest BCUT2D eigenvalue weighted by Crippen LogP contribution is -2.51. The predicted octanol–water partition coefficient (Wildman–Crippen LogP) is 3.26. The maximum absolute atomic E-state index is 9.83. The van der Waals surface area contributed by atoms with Crippen molar-refractivity contribution < 1.29 is 5.11 Å². The Morgan fingerprint density at radius 1 is 1.24 bits per heavy atom. The first-order chi connectivity index (χ1) is 9.85. The molecule has 3 heteroatoms. The monoisotopic (exact) mass is 305 g/mol. The van der Waals surface area contributed by atoms with E-state index in [1.54, 1.807) is 0 Å². The van der Waals surface area contributed by atoms with Gasteiger partial charge < -0.3 is 10.4 Å². The lowest BCUT2D eigenvalue weighted by atomic mass is 9.77. The van der Waals surface area contributed by atoms with E-state index in [0.29, 0.717) is 5.92 Å². The molecule has 1 aliphatic rings. The van der Waals surface area contributed by atoms with E-state index in [1.807, 2.05) is 0 Å². The standard InChI is InChI=1S/C18H31NOSi/c1-15-6-5-11-18(12-15,14-20)19-13-16-7-9-17(10-8-16)21(2,3)4/h7-10,15,19-20H,5-6,11-14H2,1-4H3. The van der Waals surface area contributed by atoms with Gasteiger partial charge in [0.15, 0.2) is 0 Å². The Labute approximate surface area is 131 Å². The molecule has 2 atom stereocenters. The number of nitrogens with one attached hydrogen (secondary N) is 1. The molecule has 2 rings (SSSR count). The van der Waals surface area contributed by atoms with Crippen LogP contribution in [-0.4, -0.2) is 25.3 Å². The van der Waals surface area contributed by atoms with Crippen LogP contribution in [0.25, 0.3) is 0 Å². The Morgan fingerprint density at radius 2 is 1.90 bits per heavy atom. The quantitative estimate of drug-likeness (QED) is 0.818. The van der Waals surface area contributed by atoms with E-state index in [0.717, 1.165) is 19.4 Å². The van der Waals surface area contributed by atoms with Crippen LogP contribution in [0.15, 0.2) is 24.3 Å². The summed E-state index contributed by atoms with van der Waals surface area (Å²) in [6, 6.07) is 9.08. The first-order valence-electron chi connectivity index (χ1n) is 8.30. The van der Waals surface area contributed by atoms with Gasteiger partial charge in [-0.2, -0.15) is 0 Å². The van der Waals surface area contributed by atoms with Crippen molar-refractivity contribution >= 4 is 13.3 Å². The Hall–Kier alpha value is -0.643. The van der Waals surface area contributed by atoms with Crippen LogP contribution in [0.1, 0.15) is 38.2 Å². The predicted molar refractivity (Wildman–Crippen MR) is 93.7 cm³/mol. The van der Waals surface area contributed by atoms with Crippen molar-refractivity contribution in [1.82, 2.24) is 5.32 Å². The SMILES string of the molecule is CC1CCCC(CO)(NCc2ccc([Si](C)(C)C)cc2)C1.